The molecule has 2 amide bonds. The molecule has 1 aliphatic rings. The lowest BCUT2D eigenvalue weighted by Crippen LogP contribution is -2.42. The molecule has 1 aliphatic heterocycles. The molecule has 0 radical (unpaired) electrons. The van der Waals surface area contributed by atoms with Crippen LogP contribution in [0.5, 0.6) is 5.75 Å². The molecule has 0 saturated heterocycles. The zero-order valence-electron chi connectivity index (χ0n) is 16.9. The van der Waals surface area contributed by atoms with Crippen LogP contribution in [0.25, 0.3) is 0 Å². The highest BCUT2D eigenvalue weighted by Crippen LogP contribution is 2.38. The van der Waals surface area contributed by atoms with Crippen LogP contribution in [0.15, 0.2) is 36.4 Å². The van der Waals surface area contributed by atoms with E-state index < -0.39 is 16.2 Å². The van der Waals surface area contributed by atoms with E-state index in [4.69, 9.17) is 16.3 Å². The smallest absolute Gasteiger partial charge is 0.282 e. The third-order valence-corrected chi connectivity index (χ3v) is 5.00. The number of amides is 2. The number of benzene rings is 2. The van der Waals surface area contributed by atoms with Gasteiger partial charge in [0.1, 0.15) is 17.9 Å². The molecular formula is C21H22ClN3O5. The van der Waals surface area contributed by atoms with Gasteiger partial charge in [0.2, 0.25) is 5.91 Å². The van der Waals surface area contributed by atoms with Crippen molar-refractivity contribution in [3.8, 4) is 5.75 Å². The third-order valence-electron chi connectivity index (χ3n) is 4.77. The van der Waals surface area contributed by atoms with E-state index in [2.05, 4.69) is 5.32 Å². The van der Waals surface area contributed by atoms with Gasteiger partial charge in [-0.05, 0) is 50.6 Å². The molecule has 0 aliphatic carbocycles. The number of anilines is 2. The summed E-state index contributed by atoms with van der Waals surface area (Å²) in [4.78, 5) is 38.0. The first-order valence-corrected chi connectivity index (χ1v) is 9.86. The zero-order valence-corrected chi connectivity index (χ0v) is 17.7. The predicted molar refractivity (Wildman–Crippen MR) is 114 cm³/mol. The Morgan fingerprint density at radius 1 is 1.30 bits per heavy atom. The molecule has 0 spiro atoms. The first kappa shape index (κ1) is 21.6. The summed E-state index contributed by atoms with van der Waals surface area (Å²) in [6.07, 6.45) is 0.743. The topological polar surface area (TPSA) is 102 Å². The lowest BCUT2D eigenvalue weighted by molar-refractivity contribution is -0.385. The van der Waals surface area contributed by atoms with Crippen LogP contribution in [-0.4, -0.2) is 29.9 Å². The Morgan fingerprint density at radius 3 is 2.70 bits per heavy atom. The van der Waals surface area contributed by atoms with Crippen molar-refractivity contribution in [2.75, 3.05) is 23.4 Å². The molecule has 158 valence electrons. The number of fused-ring (bicyclic) bond motifs is 1. The fraction of sp³-hybridized carbons (Fsp3) is 0.333. The minimum Gasteiger partial charge on any atom is -0.490 e. The third kappa shape index (κ3) is 4.23. The number of nitro groups is 1. The largest absolute Gasteiger partial charge is 0.490 e. The van der Waals surface area contributed by atoms with Gasteiger partial charge < -0.3 is 15.0 Å². The average molecular weight is 432 g/mol. The maximum Gasteiger partial charge on any atom is 0.282 e. The molecular weight excluding hydrogens is 410 g/mol. The van der Waals surface area contributed by atoms with Crippen LogP contribution in [-0.2, 0) is 4.79 Å². The van der Waals surface area contributed by atoms with Crippen LogP contribution >= 0.6 is 11.6 Å². The van der Waals surface area contributed by atoms with Crippen molar-refractivity contribution in [1.82, 2.24) is 0 Å². The second kappa shape index (κ2) is 8.31. The second-order valence-electron chi connectivity index (χ2n) is 7.68. The highest BCUT2D eigenvalue weighted by Gasteiger charge is 2.37. The number of ether oxygens (including phenoxy) is 1. The number of nitrogens with zero attached hydrogens (tertiary/aromatic N) is 2. The summed E-state index contributed by atoms with van der Waals surface area (Å²) in [5.74, 6) is -0.210. The number of nitrogens with one attached hydrogen (secondary N) is 1. The van der Waals surface area contributed by atoms with E-state index in [9.17, 15) is 19.7 Å². The van der Waals surface area contributed by atoms with Crippen molar-refractivity contribution in [2.24, 2.45) is 5.41 Å². The van der Waals surface area contributed by atoms with Gasteiger partial charge in [0.15, 0.2) is 0 Å². The Kier molecular flexibility index (Phi) is 5.98. The molecule has 0 aromatic heterocycles. The van der Waals surface area contributed by atoms with Crippen LogP contribution in [0.4, 0.5) is 17.1 Å². The zero-order chi connectivity index (χ0) is 22.1. The molecule has 3 rings (SSSR count). The van der Waals surface area contributed by atoms with Crippen molar-refractivity contribution in [1.29, 1.82) is 0 Å². The SMILES string of the molecule is CCCN1C(=O)C(C)(C)COc2ccc(NC(=O)c3cc(Cl)ccc3[N+](=O)[O-])cc21. The maximum absolute atomic E-state index is 13.0. The fourth-order valence-corrected chi connectivity index (χ4v) is 3.39. The molecule has 30 heavy (non-hydrogen) atoms. The molecule has 0 atom stereocenters. The maximum atomic E-state index is 13.0. The summed E-state index contributed by atoms with van der Waals surface area (Å²) >= 11 is 5.91. The number of halogens is 1. The van der Waals surface area contributed by atoms with E-state index in [1.165, 1.54) is 18.2 Å². The Bertz CT molecular complexity index is 1020. The first-order chi connectivity index (χ1) is 14.1. The van der Waals surface area contributed by atoms with Crippen molar-refractivity contribution in [3.63, 3.8) is 0 Å². The van der Waals surface area contributed by atoms with Crippen molar-refractivity contribution in [2.45, 2.75) is 27.2 Å². The number of carbonyl (C=O) groups is 2. The number of hydrogen-bond acceptors (Lipinski definition) is 5. The summed E-state index contributed by atoms with van der Waals surface area (Å²) in [5.41, 5.74) is -0.268. The van der Waals surface area contributed by atoms with E-state index in [1.807, 2.05) is 20.8 Å². The summed E-state index contributed by atoms with van der Waals surface area (Å²) in [6.45, 7) is 6.35. The highest BCUT2D eigenvalue weighted by molar-refractivity contribution is 6.31. The van der Waals surface area contributed by atoms with Crippen LogP contribution in [0.2, 0.25) is 5.02 Å². The van der Waals surface area contributed by atoms with Crippen molar-refractivity contribution >= 4 is 40.5 Å². The minimum atomic E-state index is -0.695. The number of rotatable bonds is 5. The lowest BCUT2D eigenvalue weighted by Gasteiger charge is -2.27. The monoisotopic (exact) mass is 431 g/mol. The van der Waals surface area contributed by atoms with Gasteiger partial charge in [0, 0.05) is 23.3 Å². The Labute approximate surface area is 178 Å². The average Bonchev–Trinajstić information content (AvgIpc) is 2.78. The van der Waals surface area contributed by atoms with Gasteiger partial charge in [0.25, 0.3) is 11.6 Å². The molecule has 0 bridgehead atoms. The number of hydrogen-bond donors (Lipinski definition) is 1. The molecule has 9 heteroatoms. The molecule has 2 aromatic carbocycles. The molecule has 1 heterocycles. The van der Waals surface area contributed by atoms with Crippen LogP contribution in [0.1, 0.15) is 37.6 Å². The standard InChI is InChI=1S/C21H22ClN3O5/c1-4-9-24-17-11-14(6-8-18(17)30-12-21(2,3)20(24)27)23-19(26)15-10-13(22)5-7-16(15)25(28)29/h5-8,10-11H,4,9,12H2,1-3H3,(H,23,26). The van der Waals surface area contributed by atoms with Crippen molar-refractivity contribution in [3.05, 3.63) is 57.1 Å². The molecule has 0 saturated carbocycles. The van der Waals surface area contributed by atoms with Gasteiger partial charge in [-0.2, -0.15) is 0 Å². The summed E-state index contributed by atoms with van der Waals surface area (Å²) < 4.78 is 5.84. The van der Waals surface area contributed by atoms with E-state index >= 15 is 0 Å². The van der Waals surface area contributed by atoms with Gasteiger partial charge in [-0.25, -0.2) is 0 Å². The number of carbonyl (C=O) groups excluding carboxylic acids is 2. The van der Waals surface area contributed by atoms with Crippen LogP contribution in [0, 0.1) is 15.5 Å². The number of nitro benzene ring substituents is 1. The molecule has 2 aromatic rings. The summed E-state index contributed by atoms with van der Waals surface area (Å²) in [6, 6.07) is 8.72. The highest BCUT2D eigenvalue weighted by atomic mass is 35.5. The fourth-order valence-electron chi connectivity index (χ4n) is 3.22. The minimum absolute atomic E-state index is 0.0722. The predicted octanol–water partition coefficient (Wildman–Crippen LogP) is 4.66. The summed E-state index contributed by atoms with van der Waals surface area (Å²) in [5, 5.41) is 14.1. The van der Waals surface area contributed by atoms with E-state index in [0.29, 0.717) is 23.7 Å². The Hall–Kier alpha value is -3.13. The first-order valence-electron chi connectivity index (χ1n) is 9.48. The van der Waals surface area contributed by atoms with Crippen LogP contribution in [0.3, 0.4) is 0 Å². The van der Waals surface area contributed by atoms with Gasteiger partial charge >= 0.3 is 0 Å². The van der Waals surface area contributed by atoms with Gasteiger partial charge in [0.05, 0.1) is 16.0 Å². The quantitative estimate of drug-likeness (QED) is 0.547. The van der Waals surface area contributed by atoms with Gasteiger partial charge in [-0.1, -0.05) is 18.5 Å². The van der Waals surface area contributed by atoms with E-state index in [1.54, 1.807) is 23.1 Å². The van der Waals surface area contributed by atoms with Crippen molar-refractivity contribution < 1.29 is 19.2 Å². The summed E-state index contributed by atoms with van der Waals surface area (Å²) in [7, 11) is 0. The Morgan fingerprint density at radius 2 is 2.03 bits per heavy atom. The Balaban J connectivity index is 1.96. The van der Waals surface area contributed by atoms with Gasteiger partial charge in [-0.15, -0.1) is 0 Å². The van der Waals surface area contributed by atoms with E-state index in [-0.39, 0.29) is 28.8 Å². The van der Waals surface area contributed by atoms with E-state index in [0.717, 1.165) is 6.42 Å². The molecule has 1 N–H and O–H groups in total. The lowest BCUT2D eigenvalue weighted by atomic mass is 9.93. The normalized spacial score (nSPS) is 15.1. The van der Waals surface area contributed by atoms with Gasteiger partial charge in [-0.3, -0.25) is 19.7 Å². The van der Waals surface area contributed by atoms with Crippen LogP contribution < -0.4 is 15.0 Å². The molecule has 0 fully saturated rings. The molecule has 0 unspecified atom stereocenters. The second-order valence-corrected chi connectivity index (χ2v) is 8.12. The molecule has 8 nitrogen and oxygen atoms in total.